The first-order valence-electron chi connectivity index (χ1n) is 8.01. The molecule has 0 bridgehead atoms. The van der Waals surface area contributed by atoms with E-state index in [1.54, 1.807) is 6.08 Å². The molecule has 2 aromatic rings. The summed E-state index contributed by atoms with van der Waals surface area (Å²) < 4.78 is 9.86. The maximum Gasteiger partial charge on any atom is 0.416 e. The predicted molar refractivity (Wildman–Crippen MR) is 97.4 cm³/mol. The molecule has 1 aliphatic rings. The number of carbonyl (C=O) groups excluding carboxylic acids is 3. The number of carbonyl (C=O) groups is 3. The van der Waals surface area contributed by atoms with Gasteiger partial charge in [-0.15, -0.1) is 11.3 Å². The van der Waals surface area contributed by atoms with Gasteiger partial charge in [0.25, 0.3) is 5.91 Å². The first-order chi connectivity index (χ1) is 12.5. The zero-order valence-corrected chi connectivity index (χ0v) is 15.0. The number of amides is 2. The van der Waals surface area contributed by atoms with Crippen LogP contribution in [0.3, 0.4) is 0 Å². The molecule has 2 amide bonds. The van der Waals surface area contributed by atoms with Gasteiger partial charge in [0.2, 0.25) is 0 Å². The molecule has 7 heteroatoms. The smallest absolute Gasteiger partial charge is 0.416 e. The van der Waals surface area contributed by atoms with Gasteiger partial charge < -0.3 is 9.47 Å². The number of imide groups is 1. The quantitative estimate of drug-likeness (QED) is 0.596. The summed E-state index contributed by atoms with van der Waals surface area (Å²) >= 11 is 1.40. The summed E-state index contributed by atoms with van der Waals surface area (Å²) in [6.45, 7) is 1.79. The van der Waals surface area contributed by atoms with Crippen molar-refractivity contribution in [2.24, 2.45) is 0 Å². The van der Waals surface area contributed by atoms with Crippen molar-refractivity contribution in [1.29, 1.82) is 0 Å². The number of benzene rings is 1. The molecule has 1 aromatic carbocycles. The highest BCUT2D eigenvalue weighted by atomic mass is 32.1. The molecule has 3 rings (SSSR count). The Morgan fingerprint density at radius 1 is 1.31 bits per heavy atom. The molecule has 0 aliphatic carbocycles. The SMILES string of the molecule is Cc1cccc(/C=C(/C(=O)OCC(=O)N2CCOC2=O)c2cccs2)c1. The lowest BCUT2D eigenvalue weighted by atomic mass is 10.1. The first kappa shape index (κ1) is 17.9. The lowest BCUT2D eigenvalue weighted by Gasteiger charge is -2.11. The van der Waals surface area contributed by atoms with Crippen LogP contribution in [0.25, 0.3) is 11.6 Å². The monoisotopic (exact) mass is 371 g/mol. The van der Waals surface area contributed by atoms with E-state index in [1.807, 2.05) is 48.7 Å². The molecule has 1 aromatic heterocycles. The van der Waals surface area contributed by atoms with Crippen LogP contribution < -0.4 is 0 Å². The van der Waals surface area contributed by atoms with Crippen molar-refractivity contribution in [2.75, 3.05) is 19.8 Å². The maximum absolute atomic E-state index is 12.6. The number of rotatable bonds is 5. The van der Waals surface area contributed by atoms with Crippen LogP contribution in [0.1, 0.15) is 16.0 Å². The fraction of sp³-hybridized carbons (Fsp3) is 0.211. The molecule has 134 valence electrons. The summed E-state index contributed by atoms with van der Waals surface area (Å²) in [5, 5.41) is 1.86. The minimum absolute atomic E-state index is 0.159. The van der Waals surface area contributed by atoms with Crippen LogP contribution in [0.4, 0.5) is 4.79 Å². The molecule has 0 N–H and O–H groups in total. The minimum Gasteiger partial charge on any atom is -0.452 e. The van der Waals surface area contributed by atoms with Crippen LogP contribution in [-0.4, -0.2) is 42.6 Å². The van der Waals surface area contributed by atoms with Gasteiger partial charge in [-0.3, -0.25) is 4.79 Å². The van der Waals surface area contributed by atoms with E-state index in [9.17, 15) is 14.4 Å². The van der Waals surface area contributed by atoms with E-state index in [0.29, 0.717) is 5.57 Å². The van der Waals surface area contributed by atoms with Gasteiger partial charge in [-0.1, -0.05) is 35.9 Å². The molecule has 26 heavy (non-hydrogen) atoms. The summed E-state index contributed by atoms with van der Waals surface area (Å²) in [5.41, 5.74) is 2.29. The van der Waals surface area contributed by atoms with Crippen molar-refractivity contribution in [3.8, 4) is 0 Å². The largest absolute Gasteiger partial charge is 0.452 e. The fourth-order valence-corrected chi connectivity index (χ4v) is 3.22. The summed E-state index contributed by atoms with van der Waals surface area (Å²) in [4.78, 5) is 37.6. The molecule has 1 saturated heterocycles. The van der Waals surface area contributed by atoms with Crippen molar-refractivity contribution in [2.45, 2.75) is 6.92 Å². The van der Waals surface area contributed by atoms with E-state index in [1.165, 1.54) is 11.3 Å². The van der Waals surface area contributed by atoms with Crippen LogP contribution in [0.5, 0.6) is 0 Å². The van der Waals surface area contributed by atoms with E-state index < -0.39 is 24.6 Å². The Balaban J connectivity index is 1.76. The van der Waals surface area contributed by atoms with Gasteiger partial charge in [0, 0.05) is 4.88 Å². The Hall–Kier alpha value is -2.93. The third kappa shape index (κ3) is 4.18. The fourth-order valence-electron chi connectivity index (χ4n) is 2.49. The standard InChI is InChI=1S/C19H17NO5S/c1-13-4-2-5-14(10-13)11-15(16-6-3-9-26-16)18(22)25-12-17(21)20-7-8-24-19(20)23/h2-6,9-11H,7-8,12H2,1H3/b15-11+. The molecule has 0 atom stereocenters. The van der Waals surface area contributed by atoms with E-state index in [4.69, 9.17) is 9.47 Å². The second kappa shape index (κ2) is 7.97. The minimum atomic E-state index is -0.708. The predicted octanol–water partition coefficient (Wildman–Crippen LogP) is 3.12. The van der Waals surface area contributed by atoms with Crippen molar-refractivity contribution in [3.63, 3.8) is 0 Å². The summed E-state index contributed by atoms with van der Waals surface area (Å²) in [7, 11) is 0. The van der Waals surface area contributed by atoms with E-state index >= 15 is 0 Å². The lowest BCUT2D eigenvalue weighted by Crippen LogP contribution is -2.35. The summed E-state index contributed by atoms with van der Waals surface area (Å²) in [6.07, 6.45) is 1.02. The van der Waals surface area contributed by atoms with E-state index in [0.717, 1.165) is 20.9 Å². The van der Waals surface area contributed by atoms with Crippen molar-refractivity contribution < 1.29 is 23.9 Å². The average Bonchev–Trinajstić information content (AvgIpc) is 3.29. The van der Waals surface area contributed by atoms with Gasteiger partial charge in [0.15, 0.2) is 6.61 Å². The molecule has 2 heterocycles. The number of aryl methyl sites for hydroxylation is 1. The highest BCUT2D eigenvalue weighted by Crippen LogP contribution is 2.24. The number of thiophene rings is 1. The number of cyclic esters (lactones) is 1. The van der Waals surface area contributed by atoms with Gasteiger partial charge in [0.1, 0.15) is 6.61 Å². The molecule has 0 unspecified atom stereocenters. The zero-order valence-electron chi connectivity index (χ0n) is 14.1. The Morgan fingerprint density at radius 3 is 2.81 bits per heavy atom. The molecule has 0 saturated carbocycles. The maximum atomic E-state index is 12.6. The van der Waals surface area contributed by atoms with Crippen molar-refractivity contribution in [3.05, 3.63) is 57.8 Å². The summed E-state index contributed by atoms with van der Waals surface area (Å²) in [6, 6.07) is 11.4. The second-order valence-electron chi connectivity index (χ2n) is 5.69. The third-order valence-electron chi connectivity index (χ3n) is 3.75. The zero-order chi connectivity index (χ0) is 18.5. The lowest BCUT2D eigenvalue weighted by molar-refractivity contribution is -0.145. The number of hydrogen-bond acceptors (Lipinski definition) is 6. The van der Waals surface area contributed by atoms with Crippen LogP contribution in [0, 0.1) is 6.92 Å². The Labute approximate surface area is 154 Å². The Kier molecular flexibility index (Phi) is 5.48. The normalized spacial score (nSPS) is 14.3. The van der Waals surface area contributed by atoms with E-state index in [-0.39, 0.29) is 13.2 Å². The topological polar surface area (TPSA) is 72.9 Å². The molecular formula is C19H17NO5S. The number of esters is 1. The summed E-state index contributed by atoms with van der Waals surface area (Å²) in [5.74, 6) is -1.21. The number of hydrogen-bond donors (Lipinski definition) is 0. The van der Waals surface area contributed by atoms with Crippen LogP contribution >= 0.6 is 11.3 Å². The van der Waals surface area contributed by atoms with Crippen LogP contribution in [0.15, 0.2) is 41.8 Å². The first-order valence-corrected chi connectivity index (χ1v) is 8.89. The molecule has 0 spiro atoms. The van der Waals surface area contributed by atoms with Gasteiger partial charge in [-0.2, -0.15) is 0 Å². The van der Waals surface area contributed by atoms with E-state index in [2.05, 4.69) is 0 Å². The van der Waals surface area contributed by atoms with Crippen LogP contribution in [-0.2, 0) is 19.1 Å². The van der Waals surface area contributed by atoms with Gasteiger partial charge >= 0.3 is 12.1 Å². The number of nitrogens with zero attached hydrogens (tertiary/aromatic N) is 1. The molecule has 1 aliphatic heterocycles. The highest BCUT2D eigenvalue weighted by Gasteiger charge is 2.29. The Bertz CT molecular complexity index is 857. The molecular weight excluding hydrogens is 354 g/mol. The van der Waals surface area contributed by atoms with Gasteiger partial charge in [0.05, 0.1) is 12.1 Å². The second-order valence-corrected chi connectivity index (χ2v) is 6.63. The van der Waals surface area contributed by atoms with Gasteiger partial charge in [-0.25, -0.2) is 14.5 Å². The third-order valence-corrected chi connectivity index (χ3v) is 4.65. The Morgan fingerprint density at radius 2 is 2.15 bits per heavy atom. The highest BCUT2D eigenvalue weighted by molar-refractivity contribution is 7.11. The average molecular weight is 371 g/mol. The molecule has 1 fully saturated rings. The van der Waals surface area contributed by atoms with Crippen LogP contribution in [0.2, 0.25) is 0 Å². The van der Waals surface area contributed by atoms with Crippen molar-refractivity contribution in [1.82, 2.24) is 4.90 Å². The van der Waals surface area contributed by atoms with Gasteiger partial charge in [-0.05, 0) is 30.0 Å². The number of ether oxygens (including phenoxy) is 2. The molecule has 0 radical (unpaired) electrons. The van der Waals surface area contributed by atoms with Crippen molar-refractivity contribution >= 4 is 41.0 Å². The molecule has 6 nitrogen and oxygen atoms in total.